The zero-order chi connectivity index (χ0) is 10.8. The first-order chi connectivity index (χ1) is 6.45. The van der Waals surface area contributed by atoms with E-state index in [1.807, 2.05) is 0 Å². The van der Waals surface area contributed by atoms with Crippen LogP contribution in [0.15, 0.2) is 29.4 Å². The van der Waals surface area contributed by atoms with Gasteiger partial charge in [0.2, 0.25) is 0 Å². The predicted octanol–water partition coefficient (Wildman–Crippen LogP) is 2.31. The van der Waals surface area contributed by atoms with Crippen molar-refractivity contribution in [2.75, 3.05) is 13.3 Å². The van der Waals surface area contributed by atoms with Gasteiger partial charge in [0.05, 0.1) is 0 Å². The summed E-state index contributed by atoms with van der Waals surface area (Å²) in [5.41, 5.74) is 0.603. The Bertz CT molecular complexity index is 394. The Morgan fingerprint density at radius 2 is 1.86 bits per heavy atom. The first-order valence-corrected chi connectivity index (χ1v) is 6.96. The molecule has 0 aliphatic heterocycles. The molecule has 0 aromatic heterocycles. The molecule has 0 amide bonds. The minimum Gasteiger partial charge on any atom is -0.410 e. The summed E-state index contributed by atoms with van der Waals surface area (Å²) in [7, 11) is -2.22. The van der Waals surface area contributed by atoms with Gasteiger partial charge in [-0.3, -0.25) is 0 Å². The van der Waals surface area contributed by atoms with Crippen LogP contribution in [0.1, 0.15) is 5.56 Å². The van der Waals surface area contributed by atoms with Gasteiger partial charge in [-0.25, -0.2) is 0 Å². The molecule has 0 saturated carbocycles. The van der Waals surface area contributed by atoms with Crippen LogP contribution in [-0.4, -0.2) is 23.7 Å². The standard InChI is InChI=1S/C9H11ClNO2P/c1-14(2,13)8-5-3-7(4-6-8)9(10)11-12/h3-6,12H,1-2H3/b11-9-. The SMILES string of the molecule is CP(C)(=O)c1ccc(/C(Cl)=N/O)cc1. The van der Waals surface area contributed by atoms with Gasteiger partial charge >= 0.3 is 0 Å². The molecule has 14 heavy (non-hydrogen) atoms. The van der Waals surface area contributed by atoms with E-state index in [-0.39, 0.29) is 5.17 Å². The van der Waals surface area contributed by atoms with Crippen molar-refractivity contribution in [1.29, 1.82) is 0 Å². The summed E-state index contributed by atoms with van der Waals surface area (Å²) in [6.45, 7) is 3.40. The number of benzene rings is 1. The summed E-state index contributed by atoms with van der Waals surface area (Å²) >= 11 is 5.59. The molecule has 1 N–H and O–H groups in total. The van der Waals surface area contributed by atoms with Gasteiger partial charge in [-0.1, -0.05) is 41.0 Å². The van der Waals surface area contributed by atoms with Crippen molar-refractivity contribution in [1.82, 2.24) is 0 Å². The second-order valence-electron chi connectivity index (χ2n) is 3.29. The lowest BCUT2D eigenvalue weighted by atomic mass is 10.2. The predicted molar refractivity (Wildman–Crippen MR) is 59.7 cm³/mol. The lowest BCUT2D eigenvalue weighted by Gasteiger charge is -2.06. The number of oxime groups is 1. The second kappa shape index (κ2) is 4.16. The fraction of sp³-hybridized carbons (Fsp3) is 0.222. The molecule has 0 aliphatic rings. The Kier molecular flexibility index (Phi) is 3.35. The highest BCUT2D eigenvalue weighted by Gasteiger charge is 2.10. The maximum absolute atomic E-state index is 11.7. The van der Waals surface area contributed by atoms with Crippen molar-refractivity contribution in [2.45, 2.75) is 0 Å². The number of rotatable bonds is 2. The van der Waals surface area contributed by atoms with E-state index in [1.54, 1.807) is 37.6 Å². The van der Waals surface area contributed by atoms with Gasteiger partial charge in [0.1, 0.15) is 7.14 Å². The molecule has 0 unspecified atom stereocenters. The fourth-order valence-corrected chi connectivity index (χ4v) is 2.01. The highest BCUT2D eigenvalue weighted by Crippen LogP contribution is 2.34. The van der Waals surface area contributed by atoms with Crippen LogP contribution in [0.3, 0.4) is 0 Å². The van der Waals surface area contributed by atoms with Gasteiger partial charge < -0.3 is 9.77 Å². The van der Waals surface area contributed by atoms with Crippen LogP contribution >= 0.6 is 18.7 Å². The lowest BCUT2D eigenvalue weighted by Crippen LogP contribution is -2.03. The minimum atomic E-state index is -2.22. The van der Waals surface area contributed by atoms with Crippen LogP contribution in [0.4, 0.5) is 0 Å². The number of hydrogen-bond donors (Lipinski definition) is 1. The first kappa shape index (κ1) is 11.3. The molecule has 0 heterocycles. The smallest absolute Gasteiger partial charge is 0.175 e. The molecular formula is C9H11ClNO2P. The van der Waals surface area contributed by atoms with Crippen molar-refractivity contribution in [2.24, 2.45) is 5.16 Å². The zero-order valence-electron chi connectivity index (χ0n) is 7.94. The summed E-state index contributed by atoms with van der Waals surface area (Å²) in [5.74, 6) is 0. The van der Waals surface area contributed by atoms with Gasteiger partial charge in [0.15, 0.2) is 5.17 Å². The van der Waals surface area contributed by atoms with Crippen LogP contribution in [0.25, 0.3) is 0 Å². The van der Waals surface area contributed by atoms with Crippen molar-refractivity contribution < 1.29 is 9.77 Å². The molecule has 0 saturated heterocycles. The van der Waals surface area contributed by atoms with Crippen molar-refractivity contribution in [3.05, 3.63) is 29.8 Å². The van der Waals surface area contributed by atoms with Crippen LogP contribution in [0, 0.1) is 0 Å². The van der Waals surface area contributed by atoms with Gasteiger partial charge in [0.25, 0.3) is 0 Å². The summed E-state index contributed by atoms with van der Waals surface area (Å²) in [6.07, 6.45) is 0. The zero-order valence-corrected chi connectivity index (χ0v) is 9.59. The Balaban J connectivity index is 3.07. The van der Waals surface area contributed by atoms with E-state index in [2.05, 4.69) is 5.16 Å². The number of nitrogens with zero attached hydrogens (tertiary/aromatic N) is 1. The molecule has 0 radical (unpaired) electrons. The molecule has 1 aromatic rings. The number of hydrogen-bond acceptors (Lipinski definition) is 3. The van der Waals surface area contributed by atoms with Gasteiger partial charge in [0, 0.05) is 10.9 Å². The third-order valence-corrected chi connectivity index (χ3v) is 3.65. The highest BCUT2D eigenvalue weighted by atomic mass is 35.5. The largest absolute Gasteiger partial charge is 0.410 e. The molecule has 0 aliphatic carbocycles. The van der Waals surface area contributed by atoms with Gasteiger partial charge in [-0.05, 0) is 13.3 Å². The van der Waals surface area contributed by atoms with Crippen LogP contribution in [0.2, 0.25) is 0 Å². The fourth-order valence-electron chi connectivity index (χ4n) is 1.02. The number of halogens is 1. The molecule has 0 atom stereocenters. The average molecular weight is 232 g/mol. The van der Waals surface area contributed by atoms with Crippen molar-refractivity contribution in [3.8, 4) is 0 Å². The Morgan fingerprint density at radius 1 is 1.36 bits per heavy atom. The molecule has 5 heteroatoms. The molecule has 0 bridgehead atoms. The molecule has 0 fully saturated rings. The topological polar surface area (TPSA) is 49.7 Å². The highest BCUT2D eigenvalue weighted by molar-refractivity contribution is 7.70. The summed E-state index contributed by atoms with van der Waals surface area (Å²) in [5, 5.41) is 12.1. The molecule has 1 aromatic carbocycles. The lowest BCUT2D eigenvalue weighted by molar-refractivity contribution is 0.321. The third kappa shape index (κ3) is 2.60. The third-order valence-electron chi connectivity index (χ3n) is 1.82. The Morgan fingerprint density at radius 3 is 2.21 bits per heavy atom. The van der Waals surface area contributed by atoms with E-state index < -0.39 is 7.14 Å². The normalized spacial score (nSPS) is 12.9. The molecule has 3 nitrogen and oxygen atoms in total. The molecular weight excluding hydrogens is 221 g/mol. The van der Waals surface area contributed by atoms with Crippen molar-refractivity contribution in [3.63, 3.8) is 0 Å². The van der Waals surface area contributed by atoms with E-state index in [9.17, 15) is 4.57 Å². The summed E-state index contributed by atoms with van der Waals surface area (Å²) in [6, 6.07) is 6.81. The average Bonchev–Trinajstić information content (AvgIpc) is 2.15. The monoisotopic (exact) mass is 231 g/mol. The minimum absolute atomic E-state index is 0.0265. The Labute approximate surface area is 87.8 Å². The van der Waals surface area contributed by atoms with E-state index >= 15 is 0 Å². The van der Waals surface area contributed by atoms with Gasteiger partial charge in [-0.2, -0.15) is 0 Å². The first-order valence-electron chi connectivity index (χ1n) is 3.98. The Hall–Kier alpha value is -0.790. The van der Waals surface area contributed by atoms with E-state index in [0.29, 0.717) is 5.56 Å². The van der Waals surface area contributed by atoms with E-state index in [1.165, 1.54) is 0 Å². The van der Waals surface area contributed by atoms with Gasteiger partial charge in [-0.15, -0.1) is 0 Å². The molecule has 0 spiro atoms. The second-order valence-corrected chi connectivity index (χ2v) is 6.86. The molecule has 76 valence electrons. The van der Waals surface area contributed by atoms with E-state index in [4.69, 9.17) is 16.8 Å². The summed E-state index contributed by atoms with van der Waals surface area (Å²) < 4.78 is 11.7. The quantitative estimate of drug-likeness (QED) is 0.368. The van der Waals surface area contributed by atoms with E-state index in [0.717, 1.165) is 5.30 Å². The van der Waals surface area contributed by atoms with Crippen LogP contribution in [-0.2, 0) is 4.57 Å². The maximum Gasteiger partial charge on any atom is 0.175 e. The van der Waals surface area contributed by atoms with Crippen LogP contribution < -0.4 is 5.30 Å². The molecule has 1 rings (SSSR count). The summed E-state index contributed by atoms with van der Waals surface area (Å²) in [4.78, 5) is 0. The van der Waals surface area contributed by atoms with Crippen LogP contribution in [0.5, 0.6) is 0 Å². The maximum atomic E-state index is 11.7. The van der Waals surface area contributed by atoms with Crippen molar-refractivity contribution >= 4 is 29.2 Å².